The van der Waals surface area contributed by atoms with Crippen LogP contribution in [0.1, 0.15) is 31.7 Å². The minimum atomic E-state index is 0.601. The number of hydrogen-bond acceptors (Lipinski definition) is 4. The lowest BCUT2D eigenvalue weighted by molar-refractivity contribution is 0.0203. The van der Waals surface area contributed by atoms with Crippen LogP contribution in [0, 0.1) is 5.92 Å². The lowest BCUT2D eigenvalue weighted by Gasteiger charge is -2.21. The first-order valence-electron chi connectivity index (χ1n) is 10.4. The number of ether oxygens (including phenoxy) is 2. The molecule has 0 bridgehead atoms. The summed E-state index contributed by atoms with van der Waals surface area (Å²) in [5.41, 5.74) is 2.15. The third kappa shape index (κ3) is 6.46. The number of nitrogens with zero attached hydrogens (tertiary/aromatic N) is 2. The zero-order valence-electron chi connectivity index (χ0n) is 16.8. The monoisotopic (exact) mass is 384 g/mol. The van der Waals surface area contributed by atoms with Gasteiger partial charge in [-0.1, -0.05) is 24.3 Å². The van der Waals surface area contributed by atoms with E-state index in [-0.39, 0.29) is 0 Å². The molecular weight excluding hydrogens is 352 g/mol. The second kappa shape index (κ2) is 11.6. The average Bonchev–Trinajstić information content (AvgIpc) is 2.75. The molecule has 0 unspecified atom stereocenters. The Kier molecular flexibility index (Phi) is 8.53. The van der Waals surface area contributed by atoms with Gasteiger partial charge in [-0.25, -0.2) is 4.99 Å². The molecule has 6 nitrogen and oxygen atoms in total. The summed E-state index contributed by atoms with van der Waals surface area (Å²) in [7, 11) is 0. The highest BCUT2D eigenvalue weighted by molar-refractivity contribution is 5.83. The molecule has 1 aliphatic rings. The Bertz CT molecular complexity index is 739. The number of aromatic nitrogens is 1. The van der Waals surface area contributed by atoms with Crippen LogP contribution in [0.5, 0.6) is 0 Å². The van der Waals surface area contributed by atoms with Crippen LogP contribution in [0.3, 0.4) is 0 Å². The van der Waals surface area contributed by atoms with Crippen molar-refractivity contribution in [2.24, 2.45) is 10.9 Å². The molecule has 28 heavy (non-hydrogen) atoms. The van der Waals surface area contributed by atoms with Gasteiger partial charge in [-0.05, 0) is 43.7 Å². The zero-order chi connectivity index (χ0) is 19.4. The SMILES string of the molecule is CCNC(=NCc1cccc2cccnc12)NCCCOCC1CCOCC1. The summed E-state index contributed by atoms with van der Waals surface area (Å²) in [5.74, 6) is 1.50. The molecule has 6 heteroatoms. The standard InChI is InChI=1S/C22H32N4O2/c1-2-23-22(25-12-5-13-28-17-18-9-14-27-15-10-18)26-16-20-7-3-6-19-8-4-11-24-21(19)20/h3-4,6-8,11,18H,2,5,9-10,12-17H2,1H3,(H2,23,25,26). The van der Waals surface area contributed by atoms with Crippen LogP contribution in [0.15, 0.2) is 41.5 Å². The molecule has 1 saturated heterocycles. The van der Waals surface area contributed by atoms with Gasteiger partial charge in [0.15, 0.2) is 5.96 Å². The van der Waals surface area contributed by atoms with Crippen molar-refractivity contribution < 1.29 is 9.47 Å². The first-order valence-corrected chi connectivity index (χ1v) is 10.4. The lowest BCUT2D eigenvalue weighted by atomic mass is 10.0. The molecule has 2 aromatic rings. The van der Waals surface area contributed by atoms with E-state index in [1.54, 1.807) is 0 Å². The molecule has 1 fully saturated rings. The molecule has 0 atom stereocenters. The molecule has 3 rings (SSSR count). The van der Waals surface area contributed by atoms with E-state index in [0.717, 1.165) is 81.2 Å². The van der Waals surface area contributed by atoms with E-state index in [1.165, 1.54) is 0 Å². The van der Waals surface area contributed by atoms with Crippen LogP contribution < -0.4 is 10.6 Å². The second-order valence-corrected chi connectivity index (χ2v) is 7.10. The molecule has 0 aliphatic carbocycles. The number of guanidine groups is 1. The first kappa shape index (κ1) is 20.6. The highest BCUT2D eigenvalue weighted by Gasteiger charge is 2.13. The van der Waals surface area contributed by atoms with Crippen LogP contribution in [0.25, 0.3) is 10.9 Å². The number of aliphatic imine (C=N–C) groups is 1. The lowest BCUT2D eigenvalue weighted by Crippen LogP contribution is -2.38. The summed E-state index contributed by atoms with van der Waals surface area (Å²) in [4.78, 5) is 9.23. The van der Waals surface area contributed by atoms with Gasteiger partial charge in [-0.2, -0.15) is 0 Å². The predicted octanol–water partition coefficient (Wildman–Crippen LogP) is 3.12. The smallest absolute Gasteiger partial charge is 0.191 e. The van der Waals surface area contributed by atoms with Crippen molar-refractivity contribution in [1.29, 1.82) is 0 Å². The molecule has 2 N–H and O–H groups in total. The number of benzene rings is 1. The second-order valence-electron chi connectivity index (χ2n) is 7.10. The summed E-state index contributed by atoms with van der Waals surface area (Å²) >= 11 is 0. The number of fused-ring (bicyclic) bond motifs is 1. The van der Waals surface area contributed by atoms with Gasteiger partial charge in [-0.15, -0.1) is 0 Å². The van der Waals surface area contributed by atoms with Crippen molar-refractivity contribution in [2.75, 3.05) is 39.5 Å². The molecule has 1 aromatic heterocycles. The Labute approximate surface area is 167 Å². The van der Waals surface area contributed by atoms with Crippen molar-refractivity contribution in [3.05, 3.63) is 42.1 Å². The summed E-state index contributed by atoms with van der Waals surface area (Å²) in [6, 6.07) is 10.3. The maximum atomic E-state index is 5.83. The molecule has 0 saturated carbocycles. The van der Waals surface area contributed by atoms with Crippen LogP contribution in [-0.4, -0.2) is 50.5 Å². The Hall–Kier alpha value is -2.18. The zero-order valence-corrected chi connectivity index (χ0v) is 16.8. The summed E-state index contributed by atoms with van der Waals surface area (Å²) in [5, 5.41) is 7.85. The van der Waals surface area contributed by atoms with E-state index in [2.05, 4.69) is 46.8 Å². The number of rotatable bonds is 9. The fourth-order valence-electron chi connectivity index (χ4n) is 3.35. The molecule has 0 amide bonds. The highest BCUT2D eigenvalue weighted by Crippen LogP contribution is 2.16. The number of pyridine rings is 1. The molecule has 0 radical (unpaired) electrons. The van der Waals surface area contributed by atoms with E-state index in [0.29, 0.717) is 12.5 Å². The van der Waals surface area contributed by atoms with Gasteiger partial charge in [0.1, 0.15) is 0 Å². The van der Waals surface area contributed by atoms with Gasteiger partial charge in [0, 0.05) is 51.1 Å². The number of nitrogens with one attached hydrogen (secondary N) is 2. The molecular formula is C22H32N4O2. The fraction of sp³-hybridized carbons (Fsp3) is 0.545. The van der Waals surface area contributed by atoms with E-state index >= 15 is 0 Å². The van der Waals surface area contributed by atoms with Crippen LogP contribution in [-0.2, 0) is 16.0 Å². The maximum absolute atomic E-state index is 5.83. The maximum Gasteiger partial charge on any atom is 0.191 e. The Balaban J connectivity index is 1.42. The minimum Gasteiger partial charge on any atom is -0.381 e. The van der Waals surface area contributed by atoms with Gasteiger partial charge in [-0.3, -0.25) is 4.98 Å². The van der Waals surface area contributed by atoms with Gasteiger partial charge in [0.25, 0.3) is 0 Å². The van der Waals surface area contributed by atoms with Gasteiger partial charge in [0.05, 0.1) is 12.1 Å². The summed E-state index contributed by atoms with van der Waals surface area (Å²) in [6.07, 6.45) is 5.04. The molecule has 1 aliphatic heterocycles. The van der Waals surface area contributed by atoms with Crippen molar-refractivity contribution in [3.63, 3.8) is 0 Å². The van der Waals surface area contributed by atoms with Crippen molar-refractivity contribution >= 4 is 16.9 Å². The van der Waals surface area contributed by atoms with Crippen LogP contribution >= 0.6 is 0 Å². The van der Waals surface area contributed by atoms with Crippen LogP contribution in [0.4, 0.5) is 0 Å². The topological polar surface area (TPSA) is 67.8 Å². The Morgan fingerprint density at radius 1 is 1.21 bits per heavy atom. The third-order valence-corrected chi connectivity index (χ3v) is 4.92. The summed E-state index contributed by atoms with van der Waals surface area (Å²) < 4.78 is 11.2. The largest absolute Gasteiger partial charge is 0.381 e. The Morgan fingerprint density at radius 3 is 2.93 bits per heavy atom. The van der Waals surface area contributed by atoms with Crippen molar-refractivity contribution in [1.82, 2.24) is 15.6 Å². The molecule has 152 valence electrons. The van der Waals surface area contributed by atoms with Gasteiger partial charge in [0.2, 0.25) is 0 Å². The van der Waals surface area contributed by atoms with Gasteiger partial charge >= 0.3 is 0 Å². The van der Waals surface area contributed by atoms with E-state index in [4.69, 9.17) is 14.5 Å². The first-order chi connectivity index (χ1) is 13.9. The quantitative estimate of drug-likeness (QED) is 0.395. The van der Waals surface area contributed by atoms with Crippen molar-refractivity contribution in [3.8, 4) is 0 Å². The molecule has 2 heterocycles. The van der Waals surface area contributed by atoms with Gasteiger partial charge < -0.3 is 20.1 Å². The average molecular weight is 385 g/mol. The van der Waals surface area contributed by atoms with Crippen molar-refractivity contribution in [2.45, 2.75) is 32.7 Å². The number of para-hydroxylation sites is 1. The third-order valence-electron chi connectivity index (χ3n) is 4.92. The molecule has 1 aromatic carbocycles. The minimum absolute atomic E-state index is 0.601. The highest BCUT2D eigenvalue weighted by atomic mass is 16.5. The molecule has 0 spiro atoms. The van der Waals surface area contributed by atoms with E-state index in [1.807, 2.05) is 12.3 Å². The predicted molar refractivity (Wildman–Crippen MR) is 114 cm³/mol. The van der Waals surface area contributed by atoms with E-state index in [9.17, 15) is 0 Å². The van der Waals surface area contributed by atoms with E-state index < -0.39 is 0 Å². The number of hydrogen-bond donors (Lipinski definition) is 2. The Morgan fingerprint density at radius 2 is 2.07 bits per heavy atom. The summed E-state index contributed by atoms with van der Waals surface area (Å²) in [6.45, 7) is 7.74. The van der Waals surface area contributed by atoms with Crippen LogP contribution in [0.2, 0.25) is 0 Å². The fourth-order valence-corrected chi connectivity index (χ4v) is 3.35. The normalized spacial score (nSPS) is 15.7.